The predicted molar refractivity (Wildman–Crippen MR) is 88.5 cm³/mol. The molecule has 0 saturated carbocycles. The molecule has 0 saturated heterocycles. The Morgan fingerprint density at radius 3 is 2.60 bits per heavy atom. The fraction of sp³-hybridized carbons (Fsp3) is 0.133. The van der Waals surface area contributed by atoms with Crippen LogP contribution in [0.5, 0.6) is 0 Å². The third kappa shape index (κ3) is 3.35. The Hall–Kier alpha value is -1.46. The van der Waals surface area contributed by atoms with E-state index in [0.717, 1.165) is 15.7 Å². The molecule has 20 heavy (non-hydrogen) atoms. The van der Waals surface area contributed by atoms with Gasteiger partial charge in [-0.15, -0.1) is 0 Å². The van der Waals surface area contributed by atoms with Crippen molar-refractivity contribution < 1.29 is 4.39 Å². The number of rotatable bonds is 4. The van der Waals surface area contributed by atoms with Gasteiger partial charge in [-0.05, 0) is 40.2 Å². The maximum absolute atomic E-state index is 13.7. The highest BCUT2D eigenvalue weighted by atomic mass is 79.9. The van der Waals surface area contributed by atoms with Crippen LogP contribution in [0.15, 0.2) is 46.9 Å². The van der Waals surface area contributed by atoms with Gasteiger partial charge in [0.05, 0.1) is 5.69 Å². The molecule has 104 valence electrons. The highest BCUT2D eigenvalue weighted by Gasteiger charge is 2.10. The Morgan fingerprint density at radius 2 is 2.00 bits per heavy atom. The molecule has 2 nitrogen and oxygen atoms in total. The first kappa shape index (κ1) is 14.9. The fourth-order valence-electron chi connectivity index (χ4n) is 1.94. The van der Waals surface area contributed by atoms with Crippen molar-refractivity contribution >= 4 is 38.8 Å². The van der Waals surface area contributed by atoms with Crippen molar-refractivity contribution in [2.75, 3.05) is 11.9 Å². The second-order valence-corrected chi connectivity index (χ2v) is 5.77. The van der Waals surface area contributed by atoms with E-state index in [9.17, 15) is 4.39 Å². The lowest BCUT2D eigenvalue weighted by Crippen LogP contribution is -2.18. The largest absolute Gasteiger partial charge is 0.389 e. The number of hydrogen-bond donors (Lipinski definition) is 1. The minimum Gasteiger partial charge on any atom is -0.389 e. The van der Waals surface area contributed by atoms with Crippen molar-refractivity contribution in [1.82, 2.24) is 0 Å². The Labute approximate surface area is 131 Å². The molecule has 0 unspecified atom stereocenters. The predicted octanol–water partition coefficient (Wildman–Crippen LogP) is 3.86. The van der Waals surface area contributed by atoms with Gasteiger partial charge in [0.2, 0.25) is 0 Å². The summed E-state index contributed by atoms with van der Waals surface area (Å²) in [4.78, 5) is 2.32. The number of halogens is 2. The topological polar surface area (TPSA) is 29.3 Å². The summed E-state index contributed by atoms with van der Waals surface area (Å²) < 4.78 is 14.5. The number of thiocarbonyl (C=S) groups is 1. The van der Waals surface area contributed by atoms with E-state index >= 15 is 0 Å². The van der Waals surface area contributed by atoms with Gasteiger partial charge < -0.3 is 10.6 Å². The number of benzene rings is 2. The minimum absolute atomic E-state index is 0.199. The van der Waals surface area contributed by atoms with Crippen LogP contribution in [0, 0.1) is 5.82 Å². The Morgan fingerprint density at radius 1 is 1.30 bits per heavy atom. The van der Waals surface area contributed by atoms with Crippen molar-refractivity contribution in [3.05, 3.63) is 63.9 Å². The van der Waals surface area contributed by atoms with Gasteiger partial charge in [0.1, 0.15) is 10.8 Å². The molecule has 0 heterocycles. The highest BCUT2D eigenvalue weighted by Crippen LogP contribution is 2.28. The molecule has 2 N–H and O–H groups in total. The molecular formula is C15H14BrFN2S. The standard InChI is InChI=1S/C15H14BrFN2S/c1-19(9-11-4-2-3-5-13(11)17)14-7-6-10(15(18)20)8-12(14)16/h2-8H,9H2,1H3,(H2,18,20). The van der Waals surface area contributed by atoms with Crippen molar-refractivity contribution in [2.45, 2.75) is 6.54 Å². The van der Waals surface area contributed by atoms with Crippen molar-refractivity contribution in [1.29, 1.82) is 0 Å². The second kappa shape index (κ2) is 6.33. The van der Waals surface area contributed by atoms with Gasteiger partial charge in [-0.1, -0.05) is 30.4 Å². The summed E-state index contributed by atoms with van der Waals surface area (Å²) in [5.74, 6) is -0.199. The molecule has 0 aromatic heterocycles. The highest BCUT2D eigenvalue weighted by molar-refractivity contribution is 9.10. The van der Waals surface area contributed by atoms with Crippen molar-refractivity contribution in [2.24, 2.45) is 5.73 Å². The van der Waals surface area contributed by atoms with Gasteiger partial charge in [0, 0.05) is 29.2 Å². The number of nitrogens with two attached hydrogens (primary N) is 1. The molecule has 0 bridgehead atoms. The van der Waals surface area contributed by atoms with Crippen molar-refractivity contribution in [3.8, 4) is 0 Å². The van der Waals surface area contributed by atoms with Gasteiger partial charge in [0.15, 0.2) is 0 Å². The average molecular weight is 353 g/mol. The molecular weight excluding hydrogens is 339 g/mol. The Kier molecular flexibility index (Phi) is 4.73. The molecule has 0 amide bonds. The molecule has 0 radical (unpaired) electrons. The Bertz CT molecular complexity index is 646. The van der Waals surface area contributed by atoms with E-state index in [1.54, 1.807) is 12.1 Å². The molecule has 2 aromatic carbocycles. The van der Waals surface area contributed by atoms with Crippen LogP contribution in [0.25, 0.3) is 0 Å². The summed E-state index contributed by atoms with van der Waals surface area (Å²) in [6, 6.07) is 12.4. The van der Waals surface area contributed by atoms with Gasteiger partial charge in [-0.2, -0.15) is 0 Å². The van der Waals surface area contributed by atoms with Crippen LogP contribution in [0.4, 0.5) is 10.1 Å². The van der Waals surface area contributed by atoms with Crippen LogP contribution in [-0.2, 0) is 6.54 Å². The third-order valence-electron chi connectivity index (χ3n) is 3.01. The van der Waals surface area contributed by atoms with Crippen LogP contribution >= 0.6 is 28.1 Å². The van der Waals surface area contributed by atoms with Crippen molar-refractivity contribution in [3.63, 3.8) is 0 Å². The number of hydrogen-bond acceptors (Lipinski definition) is 2. The normalized spacial score (nSPS) is 10.3. The molecule has 0 fully saturated rings. The molecule has 0 aliphatic heterocycles. The van der Waals surface area contributed by atoms with Gasteiger partial charge in [0.25, 0.3) is 0 Å². The summed E-state index contributed by atoms with van der Waals surface area (Å²) in [5.41, 5.74) is 8.01. The van der Waals surface area contributed by atoms with E-state index in [2.05, 4.69) is 15.9 Å². The zero-order valence-electron chi connectivity index (χ0n) is 10.9. The number of anilines is 1. The summed E-state index contributed by atoms with van der Waals surface area (Å²) >= 11 is 8.44. The zero-order valence-corrected chi connectivity index (χ0v) is 13.3. The molecule has 5 heteroatoms. The van der Waals surface area contributed by atoms with E-state index < -0.39 is 0 Å². The van der Waals surface area contributed by atoms with Crippen LogP contribution < -0.4 is 10.6 Å². The van der Waals surface area contributed by atoms with E-state index in [4.69, 9.17) is 18.0 Å². The molecule has 0 spiro atoms. The van der Waals surface area contributed by atoms with Gasteiger partial charge in [-0.25, -0.2) is 4.39 Å². The molecule has 2 rings (SSSR count). The van der Waals surface area contributed by atoms with Crippen LogP contribution in [0.3, 0.4) is 0 Å². The molecule has 0 aliphatic carbocycles. The lowest BCUT2D eigenvalue weighted by molar-refractivity contribution is 0.608. The summed E-state index contributed by atoms with van der Waals surface area (Å²) in [7, 11) is 1.91. The smallest absolute Gasteiger partial charge is 0.128 e. The SMILES string of the molecule is CN(Cc1ccccc1F)c1ccc(C(N)=S)cc1Br. The molecule has 0 aliphatic rings. The second-order valence-electron chi connectivity index (χ2n) is 4.48. The average Bonchev–Trinajstić information content (AvgIpc) is 2.41. The minimum atomic E-state index is -0.199. The first-order valence-corrected chi connectivity index (χ1v) is 7.23. The zero-order chi connectivity index (χ0) is 14.7. The van der Waals surface area contributed by atoms with E-state index in [0.29, 0.717) is 17.1 Å². The maximum Gasteiger partial charge on any atom is 0.128 e. The first-order valence-electron chi connectivity index (χ1n) is 6.03. The van der Waals surface area contributed by atoms with E-state index in [1.165, 1.54) is 6.07 Å². The lowest BCUT2D eigenvalue weighted by atomic mass is 10.1. The molecule has 2 aromatic rings. The quantitative estimate of drug-likeness (QED) is 0.847. The summed E-state index contributed by atoms with van der Waals surface area (Å²) in [5, 5.41) is 0. The lowest BCUT2D eigenvalue weighted by Gasteiger charge is -2.21. The van der Waals surface area contributed by atoms with E-state index in [-0.39, 0.29) is 5.82 Å². The summed E-state index contributed by atoms with van der Waals surface area (Å²) in [6.07, 6.45) is 0. The Balaban J connectivity index is 2.23. The van der Waals surface area contributed by atoms with Gasteiger partial charge >= 0.3 is 0 Å². The number of nitrogens with zero attached hydrogens (tertiary/aromatic N) is 1. The van der Waals surface area contributed by atoms with Gasteiger partial charge in [-0.3, -0.25) is 0 Å². The van der Waals surface area contributed by atoms with Crippen LogP contribution in [-0.4, -0.2) is 12.0 Å². The first-order chi connectivity index (χ1) is 9.49. The summed E-state index contributed by atoms with van der Waals surface area (Å²) in [6.45, 7) is 0.484. The maximum atomic E-state index is 13.7. The molecule has 0 atom stereocenters. The van der Waals surface area contributed by atoms with E-state index in [1.807, 2.05) is 36.2 Å². The fourth-order valence-corrected chi connectivity index (χ4v) is 2.75. The monoisotopic (exact) mass is 352 g/mol. The third-order valence-corrected chi connectivity index (χ3v) is 3.88. The van der Waals surface area contributed by atoms with Crippen LogP contribution in [0.1, 0.15) is 11.1 Å². The van der Waals surface area contributed by atoms with Crippen LogP contribution in [0.2, 0.25) is 0 Å².